The molecule has 0 saturated heterocycles. The van der Waals surface area contributed by atoms with E-state index < -0.39 is 10.0 Å². The van der Waals surface area contributed by atoms with Crippen molar-refractivity contribution < 1.29 is 18.3 Å². The van der Waals surface area contributed by atoms with Crippen molar-refractivity contribution in [2.75, 3.05) is 25.6 Å². The Labute approximate surface area is 126 Å². The number of rotatable bonds is 7. The predicted molar refractivity (Wildman–Crippen MR) is 82.2 cm³/mol. The molecule has 1 aromatic carbocycles. The van der Waals surface area contributed by atoms with E-state index in [0.29, 0.717) is 6.61 Å². The van der Waals surface area contributed by atoms with E-state index in [1.807, 2.05) is 25.1 Å². The molecule has 2 N–H and O–H groups in total. The number of ether oxygens (including phenoxy) is 1. The molecule has 6 heteroatoms. The number of sulfonamides is 1. The average molecular weight is 311 g/mol. The van der Waals surface area contributed by atoms with E-state index >= 15 is 0 Å². The van der Waals surface area contributed by atoms with Gasteiger partial charge in [-0.05, 0) is 31.5 Å². The third-order valence-electron chi connectivity index (χ3n) is 2.76. The summed E-state index contributed by atoms with van der Waals surface area (Å²) in [5, 5.41) is 8.68. The molecule has 0 aromatic heterocycles. The van der Waals surface area contributed by atoms with Crippen LogP contribution in [0.1, 0.15) is 31.0 Å². The first-order chi connectivity index (χ1) is 9.98. The molecule has 0 spiro atoms. The second-order valence-electron chi connectivity index (χ2n) is 4.44. The van der Waals surface area contributed by atoms with Crippen LogP contribution >= 0.6 is 0 Å². The van der Waals surface area contributed by atoms with Gasteiger partial charge in [0.2, 0.25) is 10.0 Å². The minimum atomic E-state index is -3.38. The summed E-state index contributed by atoms with van der Waals surface area (Å²) in [6.07, 6.45) is 0. The number of benzene rings is 1. The molecule has 0 saturated carbocycles. The largest absolute Gasteiger partial charge is 0.384 e. The van der Waals surface area contributed by atoms with Gasteiger partial charge in [0.1, 0.15) is 6.61 Å². The number of aliphatic hydroxyl groups excluding tert-OH is 1. The molecule has 21 heavy (non-hydrogen) atoms. The Bertz CT molecular complexity index is 602. The van der Waals surface area contributed by atoms with Crippen LogP contribution in [-0.4, -0.2) is 39.1 Å². The van der Waals surface area contributed by atoms with Gasteiger partial charge in [-0.2, -0.15) is 0 Å². The van der Waals surface area contributed by atoms with Crippen LogP contribution in [0.3, 0.4) is 0 Å². The maximum Gasteiger partial charge on any atom is 0.214 e. The lowest BCUT2D eigenvalue weighted by Gasteiger charge is -2.15. The zero-order valence-corrected chi connectivity index (χ0v) is 13.1. The third kappa shape index (κ3) is 6.74. The van der Waals surface area contributed by atoms with Gasteiger partial charge in [0, 0.05) is 18.2 Å². The average Bonchev–Trinajstić information content (AvgIpc) is 2.45. The Morgan fingerprint density at radius 1 is 1.43 bits per heavy atom. The molecule has 0 aliphatic carbocycles. The van der Waals surface area contributed by atoms with Crippen LogP contribution in [0, 0.1) is 11.8 Å². The van der Waals surface area contributed by atoms with Crippen molar-refractivity contribution in [3.8, 4) is 11.8 Å². The zero-order valence-electron chi connectivity index (χ0n) is 12.3. The van der Waals surface area contributed by atoms with Crippen LogP contribution in [0.5, 0.6) is 0 Å². The maximum absolute atomic E-state index is 11.9. The summed E-state index contributed by atoms with van der Waals surface area (Å²) in [5.74, 6) is 5.30. The number of hydrogen-bond acceptors (Lipinski definition) is 4. The smallest absolute Gasteiger partial charge is 0.214 e. The first-order valence-corrected chi connectivity index (χ1v) is 8.41. The third-order valence-corrected chi connectivity index (χ3v) is 4.17. The van der Waals surface area contributed by atoms with E-state index in [0.717, 1.165) is 11.1 Å². The first kappa shape index (κ1) is 17.7. The van der Waals surface area contributed by atoms with Crippen LogP contribution in [0.4, 0.5) is 0 Å². The van der Waals surface area contributed by atoms with Crippen LogP contribution < -0.4 is 4.72 Å². The summed E-state index contributed by atoms with van der Waals surface area (Å²) < 4.78 is 31.5. The van der Waals surface area contributed by atoms with Gasteiger partial charge in [0.15, 0.2) is 0 Å². The van der Waals surface area contributed by atoms with Crippen molar-refractivity contribution in [1.82, 2.24) is 4.72 Å². The van der Waals surface area contributed by atoms with Gasteiger partial charge in [-0.25, -0.2) is 13.1 Å². The molecule has 1 rings (SSSR count). The Morgan fingerprint density at radius 2 is 2.19 bits per heavy atom. The fraction of sp³-hybridized carbons (Fsp3) is 0.467. The van der Waals surface area contributed by atoms with Gasteiger partial charge in [0.05, 0.1) is 12.4 Å². The molecule has 0 aliphatic heterocycles. The first-order valence-electron chi connectivity index (χ1n) is 6.76. The van der Waals surface area contributed by atoms with Crippen molar-refractivity contribution >= 4 is 10.0 Å². The minimum Gasteiger partial charge on any atom is -0.384 e. The van der Waals surface area contributed by atoms with Crippen LogP contribution in [0.25, 0.3) is 0 Å². The van der Waals surface area contributed by atoms with E-state index in [1.165, 1.54) is 0 Å². The summed E-state index contributed by atoms with van der Waals surface area (Å²) in [7, 11) is -3.38. The fourth-order valence-corrected chi connectivity index (χ4v) is 2.87. The van der Waals surface area contributed by atoms with Gasteiger partial charge < -0.3 is 9.84 Å². The topological polar surface area (TPSA) is 75.6 Å². The van der Waals surface area contributed by atoms with Crippen molar-refractivity contribution in [3.63, 3.8) is 0 Å². The van der Waals surface area contributed by atoms with E-state index in [4.69, 9.17) is 9.84 Å². The molecule has 0 fully saturated rings. The Kier molecular flexibility index (Phi) is 7.40. The van der Waals surface area contributed by atoms with Crippen molar-refractivity contribution in [3.05, 3.63) is 35.4 Å². The standard InChI is InChI=1S/C15H21NO4S/c1-3-20-10-11-21(18,19)16-13(2)15-8-4-6-14(12-15)7-5-9-17/h4,6,8,12-13,16-17H,3,9-11H2,1-2H3. The van der Waals surface area contributed by atoms with Crippen molar-refractivity contribution in [2.45, 2.75) is 19.9 Å². The van der Waals surface area contributed by atoms with E-state index in [9.17, 15) is 8.42 Å². The SMILES string of the molecule is CCOCCS(=O)(=O)NC(C)c1cccc(C#CCO)c1. The molecule has 1 aromatic rings. The highest BCUT2D eigenvalue weighted by Gasteiger charge is 2.15. The highest BCUT2D eigenvalue weighted by molar-refractivity contribution is 7.89. The van der Waals surface area contributed by atoms with E-state index in [2.05, 4.69) is 16.6 Å². The van der Waals surface area contributed by atoms with Crippen LogP contribution in [0.15, 0.2) is 24.3 Å². The highest BCUT2D eigenvalue weighted by atomic mass is 32.2. The summed E-state index contributed by atoms with van der Waals surface area (Å²) in [6, 6.07) is 6.90. The minimum absolute atomic E-state index is 0.0603. The second kappa shape index (κ2) is 8.80. The van der Waals surface area contributed by atoms with E-state index in [1.54, 1.807) is 13.0 Å². The highest BCUT2D eigenvalue weighted by Crippen LogP contribution is 2.15. The molecule has 1 unspecified atom stereocenters. The summed E-state index contributed by atoms with van der Waals surface area (Å²) in [4.78, 5) is 0. The van der Waals surface area contributed by atoms with Crippen LogP contribution in [-0.2, 0) is 14.8 Å². The Hall–Kier alpha value is -1.39. The van der Waals surface area contributed by atoms with Crippen molar-refractivity contribution in [2.24, 2.45) is 0 Å². The zero-order chi connectivity index (χ0) is 15.7. The molecule has 0 radical (unpaired) electrons. The predicted octanol–water partition coefficient (Wildman–Crippen LogP) is 1.05. The molecule has 0 heterocycles. The molecular formula is C15H21NO4S. The molecule has 1 atom stereocenters. The normalized spacial score (nSPS) is 12.5. The Balaban J connectivity index is 2.72. The van der Waals surface area contributed by atoms with Crippen LogP contribution in [0.2, 0.25) is 0 Å². The van der Waals surface area contributed by atoms with E-state index in [-0.39, 0.29) is 25.0 Å². The van der Waals surface area contributed by atoms with Gasteiger partial charge in [-0.3, -0.25) is 0 Å². The molecular weight excluding hydrogens is 290 g/mol. The van der Waals surface area contributed by atoms with Gasteiger partial charge in [0.25, 0.3) is 0 Å². The molecule has 5 nitrogen and oxygen atoms in total. The van der Waals surface area contributed by atoms with Gasteiger partial charge in [-0.15, -0.1) is 0 Å². The number of hydrogen-bond donors (Lipinski definition) is 2. The number of aliphatic hydroxyl groups is 1. The summed E-state index contributed by atoms with van der Waals surface area (Å²) >= 11 is 0. The van der Waals surface area contributed by atoms with Gasteiger partial charge in [-0.1, -0.05) is 24.0 Å². The molecule has 0 amide bonds. The molecule has 0 bridgehead atoms. The maximum atomic E-state index is 11.9. The molecule has 116 valence electrons. The lowest BCUT2D eigenvalue weighted by atomic mass is 10.1. The summed E-state index contributed by atoms with van der Waals surface area (Å²) in [5.41, 5.74) is 1.56. The molecule has 0 aliphatic rings. The Morgan fingerprint density at radius 3 is 2.86 bits per heavy atom. The quantitative estimate of drug-likeness (QED) is 0.583. The monoisotopic (exact) mass is 311 g/mol. The lowest BCUT2D eigenvalue weighted by Crippen LogP contribution is -2.30. The fourth-order valence-electron chi connectivity index (χ4n) is 1.74. The summed E-state index contributed by atoms with van der Waals surface area (Å²) in [6.45, 7) is 4.07. The van der Waals surface area contributed by atoms with Gasteiger partial charge >= 0.3 is 0 Å². The van der Waals surface area contributed by atoms with Crippen molar-refractivity contribution in [1.29, 1.82) is 0 Å². The number of nitrogens with one attached hydrogen (secondary N) is 1. The second-order valence-corrected chi connectivity index (χ2v) is 6.31. The lowest BCUT2D eigenvalue weighted by molar-refractivity contribution is 0.163.